The standard InChI is InChI=1S/C25H27O6P.Na/c1-2-3-19-29-22-16-12-21(13-17-22)25(26)18-11-20-9-14-24(15-10-20)31-32(27,28)30-23-7-5-4-6-8-23;/h4-10,12-17H,2-3,11,18-19H2,1H3,(H,27,28);/q;+1/p-1. The van der Waals surface area contributed by atoms with E-state index in [-0.39, 0.29) is 46.8 Å². The van der Waals surface area contributed by atoms with Crippen molar-refractivity contribution in [3.63, 3.8) is 0 Å². The monoisotopic (exact) mass is 476 g/mol. The molecule has 0 N–H and O–H groups in total. The van der Waals surface area contributed by atoms with E-state index in [1.807, 2.05) is 12.1 Å². The van der Waals surface area contributed by atoms with Crippen LogP contribution in [0.5, 0.6) is 17.2 Å². The summed E-state index contributed by atoms with van der Waals surface area (Å²) in [6.07, 6.45) is 2.94. The topological polar surface area (TPSA) is 84.9 Å². The van der Waals surface area contributed by atoms with Crippen molar-refractivity contribution >= 4 is 13.6 Å². The van der Waals surface area contributed by atoms with Gasteiger partial charge in [0.25, 0.3) is 0 Å². The third-order valence-electron chi connectivity index (χ3n) is 4.68. The molecular weight excluding hydrogens is 450 g/mol. The first-order valence-electron chi connectivity index (χ1n) is 10.6. The molecule has 3 aromatic rings. The van der Waals surface area contributed by atoms with Crippen molar-refractivity contribution in [1.29, 1.82) is 0 Å². The summed E-state index contributed by atoms with van der Waals surface area (Å²) in [6.45, 7) is 2.78. The molecule has 0 heterocycles. The summed E-state index contributed by atoms with van der Waals surface area (Å²) in [6, 6.07) is 21.9. The number of benzene rings is 3. The Labute approximate surface area is 216 Å². The second kappa shape index (κ2) is 13.6. The van der Waals surface area contributed by atoms with Gasteiger partial charge in [0.2, 0.25) is 0 Å². The summed E-state index contributed by atoms with van der Waals surface area (Å²) in [7, 11) is -4.55. The van der Waals surface area contributed by atoms with Gasteiger partial charge in [-0.2, -0.15) is 0 Å². The number of unbranched alkanes of at least 4 members (excludes halogenated alkanes) is 1. The summed E-state index contributed by atoms with van der Waals surface area (Å²) in [5, 5.41) is 0. The molecular formula is C25H26NaO6P. The number of carbonyl (C=O) groups excluding carboxylic acids is 1. The third kappa shape index (κ3) is 9.36. The quantitative estimate of drug-likeness (QED) is 0.173. The van der Waals surface area contributed by atoms with Crippen molar-refractivity contribution in [3.05, 3.63) is 90.0 Å². The minimum Gasteiger partial charge on any atom is -0.736 e. The normalized spacial score (nSPS) is 12.2. The summed E-state index contributed by atoms with van der Waals surface area (Å²) < 4.78 is 27.6. The molecule has 1 atom stereocenters. The molecule has 0 aromatic heterocycles. The smallest absolute Gasteiger partial charge is 0.736 e. The number of ketones is 1. The maximum Gasteiger partial charge on any atom is 1.00 e. The molecule has 0 fully saturated rings. The average molecular weight is 476 g/mol. The van der Waals surface area contributed by atoms with Gasteiger partial charge in [-0.3, -0.25) is 4.79 Å². The van der Waals surface area contributed by atoms with E-state index in [4.69, 9.17) is 13.8 Å². The Morgan fingerprint density at radius 1 is 0.848 bits per heavy atom. The van der Waals surface area contributed by atoms with Gasteiger partial charge >= 0.3 is 37.4 Å². The minimum absolute atomic E-state index is 0. The van der Waals surface area contributed by atoms with Gasteiger partial charge in [0, 0.05) is 12.0 Å². The average Bonchev–Trinajstić information content (AvgIpc) is 2.79. The number of hydrogen-bond acceptors (Lipinski definition) is 6. The predicted octanol–water partition coefficient (Wildman–Crippen LogP) is 2.61. The molecule has 0 amide bonds. The van der Waals surface area contributed by atoms with E-state index < -0.39 is 7.82 Å². The van der Waals surface area contributed by atoms with E-state index in [2.05, 4.69) is 6.92 Å². The first-order chi connectivity index (χ1) is 15.4. The first-order valence-corrected chi connectivity index (χ1v) is 12.0. The Morgan fingerprint density at radius 3 is 2.03 bits per heavy atom. The number of para-hydroxylation sites is 1. The van der Waals surface area contributed by atoms with Gasteiger partial charge in [-0.1, -0.05) is 43.7 Å². The molecule has 0 radical (unpaired) electrons. The fraction of sp³-hybridized carbons (Fsp3) is 0.240. The Bertz CT molecular complexity index is 1040. The number of phosphoric ester groups is 1. The van der Waals surface area contributed by atoms with Gasteiger partial charge in [-0.05, 0) is 66.9 Å². The number of rotatable bonds is 12. The molecule has 1 unspecified atom stereocenters. The molecule has 0 saturated carbocycles. The van der Waals surface area contributed by atoms with Gasteiger partial charge in [0.15, 0.2) is 5.78 Å². The van der Waals surface area contributed by atoms with Crippen LogP contribution in [0.25, 0.3) is 0 Å². The van der Waals surface area contributed by atoms with Gasteiger partial charge in [0.1, 0.15) is 17.2 Å². The minimum atomic E-state index is -4.55. The molecule has 0 aliphatic heterocycles. The SMILES string of the molecule is CCCCOc1ccc(C(=O)CCc2ccc(OP(=O)([O-])Oc3ccccc3)cc2)cc1.[Na+]. The zero-order valence-corrected chi connectivity index (χ0v) is 21.8. The van der Waals surface area contributed by atoms with Crippen molar-refractivity contribution in [1.82, 2.24) is 0 Å². The van der Waals surface area contributed by atoms with Gasteiger partial charge in [-0.15, -0.1) is 0 Å². The molecule has 0 aliphatic rings. The molecule has 0 spiro atoms. The number of hydrogen-bond donors (Lipinski definition) is 0. The van der Waals surface area contributed by atoms with Crippen LogP contribution in [0.2, 0.25) is 0 Å². The molecule has 3 aromatic carbocycles. The van der Waals surface area contributed by atoms with Crippen LogP contribution in [0.3, 0.4) is 0 Å². The van der Waals surface area contributed by atoms with E-state index in [1.165, 1.54) is 12.1 Å². The van der Waals surface area contributed by atoms with Crippen molar-refractivity contribution < 1.29 is 57.6 Å². The van der Waals surface area contributed by atoms with Crippen LogP contribution >= 0.6 is 7.82 Å². The van der Waals surface area contributed by atoms with Crippen LogP contribution in [0.15, 0.2) is 78.9 Å². The Hall–Kier alpha value is -2.08. The molecule has 168 valence electrons. The number of Topliss-reactive ketones (excluding diaryl/α,β-unsaturated/α-hetero) is 1. The fourth-order valence-electron chi connectivity index (χ4n) is 2.95. The zero-order chi connectivity index (χ0) is 22.8. The van der Waals surface area contributed by atoms with E-state index in [0.717, 1.165) is 24.2 Å². The first kappa shape index (κ1) is 27.2. The summed E-state index contributed by atoms with van der Waals surface area (Å²) in [4.78, 5) is 24.5. The second-order valence-electron chi connectivity index (χ2n) is 7.24. The van der Waals surface area contributed by atoms with Gasteiger partial charge < -0.3 is 18.7 Å². The van der Waals surface area contributed by atoms with Gasteiger partial charge in [-0.25, -0.2) is 4.57 Å². The van der Waals surface area contributed by atoms with E-state index in [0.29, 0.717) is 25.0 Å². The van der Waals surface area contributed by atoms with E-state index in [9.17, 15) is 14.3 Å². The van der Waals surface area contributed by atoms with Crippen molar-refractivity contribution in [2.75, 3.05) is 6.61 Å². The van der Waals surface area contributed by atoms with Crippen molar-refractivity contribution in [2.24, 2.45) is 0 Å². The summed E-state index contributed by atoms with van der Waals surface area (Å²) >= 11 is 0. The molecule has 0 aliphatic carbocycles. The Kier molecular flexibility index (Phi) is 11.2. The van der Waals surface area contributed by atoms with Crippen molar-refractivity contribution in [2.45, 2.75) is 32.6 Å². The molecule has 0 saturated heterocycles. The number of phosphoric acid groups is 1. The Morgan fingerprint density at radius 2 is 1.42 bits per heavy atom. The molecule has 8 heteroatoms. The van der Waals surface area contributed by atoms with Crippen LogP contribution < -0.4 is 48.2 Å². The summed E-state index contributed by atoms with van der Waals surface area (Å²) in [5.41, 5.74) is 1.54. The number of carbonyl (C=O) groups is 1. The maximum atomic E-state index is 12.5. The van der Waals surface area contributed by atoms with E-state index >= 15 is 0 Å². The van der Waals surface area contributed by atoms with Gasteiger partial charge in [0.05, 0.1) is 6.61 Å². The molecule has 6 nitrogen and oxygen atoms in total. The molecule has 0 bridgehead atoms. The largest absolute Gasteiger partial charge is 1.00 e. The van der Waals surface area contributed by atoms with Crippen LogP contribution in [0.1, 0.15) is 42.1 Å². The van der Waals surface area contributed by atoms with Crippen LogP contribution in [0.4, 0.5) is 0 Å². The number of ether oxygens (including phenoxy) is 1. The van der Waals surface area contributed by atoms with E-state index in [1.54, 1.807) is 54.6 Å². The van der Waals surface area contributed by atoms with Crippen LogP contribution in [0, 0.1) is 0 Å². The van der Waals surface area contributed by atoms with Crippen LogP contribution in [-0.4, -0.2) is 12.4 Å². The van der Waals surface area contributed by atoms with Crippen LogP contribution in [-0.2, 0) is 11.0 Å². The summed E-state index contributed by atoms with van der Waals surface area (Å²) in [5.74, 6) is 1.12. The third-order valence-corrected chi connectivity index (χ3v) is 5.55. The second-order valence-corrected chi connectivity index (χ2v) is 8.50. The number of aryl methyl sites for hydroxylation is 1. The molecule has 3 rings (SSSR count). The zero-order valence-electron chi connectivity index (χ0n) is 18.9. The Balaban J connectivity index is 0.00000385. The maximum absolute atomic E-state index is 12.5. The molecule has 33 heavy (non-hydrogen) atoms. The van der Waals surface area contributed by atoms with Crippen molar-refractivity contribution in [3.8, 4) is 17.2 Å². The fourth-order valence-corrected chi connectivity index (χ4v) is 3.75. The predicted molar refractivity (Wildman–Crippen MR) is 121 cm³/mol.